The van der Waals surface area contributed by atoms with Crippen LogP contribution in [0.25, 0.3) is 0 Å². The summed E-state index contributed by atoms with van der Waals surface area (Å²) < 4.78 is 39.2. The molecule has 0 saturated heterocycles. The fraction of sp³-hybridized carbons (Fsp3) is 0.133. The molecule has 0 bridgehead atoms. The van der Waals surface area contributed by atoms with Crippen LogP contribution in [0.1, 0.15) is 11.1 Å². The number of aliphatic imine (C=N–C) groups is 1. The maximum atomic E-state index is 13.1. The maximum Gasteiger partial charge on any atom is 0.433 e. The third-order valence-corrected chi connectivity index (χ3v) is 2.88. The summed E-state index contributed by atoms with van der Waals surface area (Å²) in [5.41, 5.74) is -0.640. The van der Waals surface area contributed by atoms with Crippen LogP contribution >= 0.6 is 0 Å². The van der Waals surface area contributed by atoms with E-state index in [0.29, 0.717) is 5.56 Å². The van der Waals surface area contributed by atoms with Gasteiger partial charge in [0.2, 0.25) is 0 Å². The van der Waals surface area contributed by atoms with Crippen LogP contribution in [0.4, 0.5) is 18.9 Å². The Hall–Kier alpha value is -2.70. The molecule has 0 N–H and O–H groups in total. The van der Waals surface area contributed by atoms with Crippen LogP contribution < -0.4 is 0 Å². The SMILES string of the molecule is O=[N+]([O-])c1ccc(C/N=C(\c2ccccc2)C(F)(F)F)cc1. The second-order valence-electron chi connectivity index (χ2n) is 4.45. The zero-order valence-corrected chi connectivity index (χ0v) is 11.2. The lowest BCUT2D eigenvalue weighted by molar-refractivity contribution is -0.384. The summed E-state index contributed by atoms with van der Waals surface area (Å²) in [4.78, 5) is 13.6. The van der Waals surface area contributed by atoms with E-state index in [2.05, 4.69) is 4.99 Å². The minimum absolute atomic E-state index is 0.0167. The second-order valence-corrected chi connectivity index (χ2v) is 4.45. The van der Waals surface area contributed by atoms with Gasteiger partial charge in [0.15, 0.2) is 0 Å². The Morgan fingerprint density at radius 2 is 1.64 bits per heavy atom. The molecule has 0 aliphatic rings. The third-order valence-electron chi connectivity index (χ3n) is 2.88. The molecule has 0 radical (unpaired) electrons. The van der Waals surface area contributed by atoms with Gasteiger partial charge in [-0.25, -0.2) is 0 Å². The van der Waals surface area contributed by atoms with E-state index in [1.165, 1.54) is 48.5 Å². The Bertz CT molecular complexity index is 680. The molecule has 0 amide bonds. The first-order valence-electron chi connectivity index (χ1n) is 6.28. The van der Waals surface area contributed by atoms with Gasteiger partial charge >= 0.3 is 6.18 Å². The van der Waals surface area contributed by atoms with Crippen molar-refractivity contribution in [1.82, 2.24) is 0 Å². The van der Waals surface area contributed by atoms with Gasteiger partial charge in [-0.05, 0) is 5.56 Å². The van der Waals surface area contributed by atoms with E-state index in [4.69, 9.17) is 0 Å². The predicted molar refractivity (Wildman–Crippen MR) is 75.8 cm³/mol. The van der Waals surface area contributed by atoms with Gasteiger partial charge in [0.1, 0.15) is 5.71 Å². The van der Waals surface area contributed by atoms with Gasteiger partial charge in [-0.3, -0.25) is 15.1 Å². The number of rotatable bonds is 4. The van der Waals surface area contributed by atoms with Crippen molar-refractivity contribution in [3.63, 3.8) is 0 Å². The molecule has 2 aromatic carbocycles. The van der Waals surface area contributed by atoms with Crippen molar-refractivity contribution in [2.45, 2.75) is 12.7 Å². The van der Waals surface area contributed by atoms with Crippen LogP contribution in [0.15, 0.2) is 59.6 Å². The normalized spacial score (nSPS) is 12.2. The van der Waals surface area contributed by atoms with Crippen LogP contribution in [0, 0.1) is 10.1 Å². The Balaban J connectivity index is 2.26. The molecule has 0 aromatic heterocycles. The smallest absolute Gasteiger partial charge is 0.275 e. The average Bonchev–Trinajstić information content (AvgIpc) is 2.47. The number of nitrogens with zero attached hydrogens (tertiary/aromatic N) is 2. The zero-order valence-electron chi connectivity index (χ0n) is 11.2. The molecule has 22 heavy (non-hydrogen) atoms. The van der Waals surface area contributed by atoms with Crippen LogP contribution in [-0.2, 0) is 6.54 Å². The minimum atomic E-state index is -4.57. The van der Waals surface area contributed by atoms with Gasteiger partial charge in [0.05, 0.1) is 11.5 Å². The molecule has 0 aliphatic carbocycles. The van der Waals surface area contributed by atoms with E-state index in [1.807, 2.05) is 0 Å². The van der Waals surface area contributed by atoms with Crippen molar-refractivity contribution in [2.75, 3.05) is 0 Å². The maximum absolute atomic E-state index is 13.1. The van der Waals surface area contributed by atoms with Gasteiger partial charge in [0.25, 0.3) is 5.69 Å². The third kappa shape index (κ3) is 3.91. The standard InChI is InChI=1S/C15H11F3N2O2/c16-15(17,18)14(12-4-2-1-3-5-12)19-10-11-6-8-13(9-7-11)20(21)22/h1-9H,10H2/b19-14+. The lowest BCUT2D eigenvalue weighted by Gasteiger charge is -2.11. The number of hydrogen-bond acceptors (Lipinski definition) is 3. The molecule has 114 valence electrons. The Morgan fingerprint density at radius 1 is 1.05 bits per heavy atom. The number of non-ortho nitro benzene ring substituents is 1. The van der Waals surface area contributed by atoms with E-state index >= 15 is 0 Å². The fourth-order valence-corrected chi connectivity index (χ4v) is 1.83. The molecule has 0 heterocycles. The summed E-state index contributed by atoms with van der Waals surface area (Å²) in [7, 11) is 0. The zero-order chi connectivity index (χ0) is 16.2. The summed E-state index contributed by atoms with van der Waals surface area (Å²) >= 11 is 0. The number of halogens is 3. The van der Waals surface area contributed by atoms with E-state index in [-0.39, 0.29) is 17.8 Å². The van der Waals surface area contributed by atoms with E-state index in [0.717, 1.165) is 0 Å². The van der Waals surface area contributed by atoms with E-state index in [1.54, 1.807) is 6.07 Å². The van der Waals surface area contributed by atoms with Crippen molar-refractivity contribution in [2.24, 2.45) is 4.99 Å². The van der Waals surface area contributed by atoms with Crippen molar-refractivity contribution in [1.29, 1.82) is 0 Å². The highest BCUT2D eigenvalue weighted by Crippen LogP contribution is 2.23. The average molecular weight is 308 g/mol. The Morgan fingerprint density at radius 3 is 2.14 bits per heavy atom. The van der Waals surface area contributed by atoms with Crippen LogP contribution in [0.5, 0.6) is 0 Å². The Labute approximate surface area is 124 Å². The lowest BCUT2D eigenvalue weighted by Crippen LogP contribution is -2.24. The number of nitro groups is 1. The largest absolute Gasteiger partial charge is 0.433 e. The molecular formula is C15H11F3N2O2. The lowest BCUT2D eigenvalue weighted by atomic mass is 10.1. The van der Waals surface area contributed by atoms with Crippen LogP contribution in [0.2, 0.25) is 0 Å². The molecule has 7 heteroatoms. The number of nitro benzene ring substituents is 1. The molecule has 0 aliphatic heterocycles. The molecule has 2 aromatic rings. The van der Waals surface area contributed by atoms with Crippen molar-refractivity contribution < 1.29 is 18.1 Å². The predicted octanol–water partition coefficient (Wildman–Crippen LogP) is 4.15. The van der Waals surface area contributed by atoms with Gasteiger partial charge < -0.3 is 0 Å². The number of benzene rings is 2. The van der Waals surface area contributed by atoms with Gasteiger partial charge in [-0.2, -0.15) is 13.2 Å². The van der Waals surface area contributed by atoms with Gasteiger partial charge in [-0.15, -0.1) is 0 Å². The van der Waals surface area contributed by atoms with Crippen molar-refractivity contribution >= 4 is 11.4 Å². The molecule has 4 nitrogen and oxygen atoms in total. The van der Waals surface area contributed by atoms with E-state index in [9.17, 15) is 23.3 Å². The van der Waals surface area contributed by atoms with Crippen LogP contribution in [0.3, 0.4) is 0 Å². The highest BCUT2D eigenvalue weighted by Gasteiger charge is 2.36. The molecule has 0 spiro atoms. The van der Waals surface area contributed by atoms with E-state index < -0.39 is 16.8 Å². The summed E-state index contributed by atoms with van der Waals surface area (Å²) in [5.74, 6) is 0. The number of hydrogen-bond donors (Lipinski definition) is 0. The summed E-state index contributed by atoms with van der Waals surface area (Å²) in [6.07, 6.45) is -4.57. The topological polar surface area (TPSA) is 55.5 Å². The highest BCUT2D eigenvalue weighted by molar-refractivity contribution is 6.04. The Kier molecular flexibility index (Phi) is 4.55. The monoisotopic (exact) mass is 308 g/mol. The fourth-order valence-electron chi connectivity index (χ4n) is 1.83. The molecule has 0 fully saturated rings. The van der Waals surface area contributed by atoms with Gasteiger partial charge in [0, 0.05) is 17.7 Å². The van der Waals surface area contributed by atoms with Gasteiger partial charge in [-0.1, -0.05) is 42.5 Å². The van der Waals surface area contributed by atoms with Crippen molar-refractivity contribution in [3.05, 3.63) is 75.8 Å². The molecule has 0 atom stereocenters. The number of alkyl halides is 3. The summed E-state index contributed by atoms with van der Waals surface area (Å²) in [5, 5.41) is 10.5. The first-order valence-corrected chi connectivity index (χ1v) is 6.28. The first kappa shape index (κ1) is 15.7. The highest BCUT2D eigenvalue weighted by atomic mass is 19.4. The quantitative estimate of drug-likeness (QED) is 0.484. The second kappa shape index (κ2) is 6.38. The molecule has 0 unspecified atom stereocenters. The summed E-state index contributed by atoms with van der Waals surface area (Å²) in [6, 6.07) is 12.5. The summed E-state index contributed by atoms with van der Waals surface area (Å²) in [6.45, 7) is -0.207. The molecule has 0 saturated carbocycles. The molecular weight excluding hydrogens is 297 g/mol. The minimum Gasteiger partial charge on any atom is -0.275 e. The molecule has 2 rings (SSSR count). The van der Waals surface area contributed by atoms with Crippen molar-refractivity contribution in [3.8, 4) is 0 Å². The first-order chi connectivity index (χ1) is 10.4. The van der Waals surface area contributed by atoms with Crippen LogP contribution in [-0.4, -0.2) is 16.8 Å².